The van der Waals surface area contributed by atoms with Crippen LogP contribution in [0.25, 0.3) is 10.9 Å². The fraction of sp³-hybridized carbons (Fsp3) is 0.238. The number of carbonyl (C=O) groups excluding carboxylic acids is 1. The maximum atomic E-state index is 11.9. The number of hydrogen-bond acceptors (Lipinski definition) is 3. The van der Waals surface area contributed by atoms with Crippen LogP contribution in [0.4, 0.5) is 0 Å². The lowest BCUT2D eigenvalue weighted by atomic mass is 10.0. The van der Waals surface area contributed by atoms with Crippen molar-refractivity contribution in [1.82, 2.24) is 4.57 Å². The van der Waals surface area contributed by atoms with Crippen molar-refractivity contribution in [3.05, 3.63) is 68.9 Å². The molecule has 0 unspecified atom stereocenters. The van der Waals surface area contributed by atoms with Gasteiger partial charge in [0.1, 0.15) is 0 Å². The number of esters is 1. The number of benzene rings is 2. The molecule has 0 N–H and O–H groups in total. The third-order valence-electron chi connectivity index (χ3n) is 4.47. The Kier molecular flexibility index (Phi) is 5.94. The highest BCUT2D eigenvalue weighted by molar-refractivity contribution is 14.1. The number of halogens is 1. The molecular formula is C21H19IN2O2. The highest BCUT2D eigenvalue weighted by atomic mass is 127. The minimum Gasteiger partial charge on any atom is -0.465 e. The van der Waals surface area contributed by atoms with E-state index < -0.39 is 0 Å². The molecule has 0 bridgehead atoms. The van der Waals surface area contributed by atoms with Gasteiger partial charge in [-0.05, 0) is 64.8 Å². The number of aryl methyl sites for hydroxylation is 3. The molecule has 0 aliphatic rings. The average molecular weight is 458 g/mol. The first kappa shape index (κ1) is 18.5. The molecule has 0 amide bonds. The Balaban J connectivity index is 2.04. The van der Waals surface area contributed by atoms with Crippen molar-refractivity contribution in [2.45, 2.75) is 25.8 Å². The van der Waals surface area contributed by atoms with Crippen LogP contribution in [0.5, 0.6) is 0 Å². The Labute approximate surface area is 166 Å². The predicted octanol–water partition coefficient (Wildman–Crippen LogP) is 4.73. The van der Waals surface area contributed by atoms with Crippen molar-refractivity contribution in [2.75, 3.05) is 7.11 Å². The van der Waals surface area contributed by atoms with E-state index >= 15 is 0 Å². The summed E-state index contributed by atoms with van der Waals surface area (Å²) in [5.41, 5.74) is 4.11. The molecule has 0 aliphatic heterocycles. The van der Waals surface area contributed by atoms with Crippen molar-refractivity contribution in [3.8, 4) is 6.07 Å². The van der Waals surface area contributed by atoms with Gasteiger partial charge in [-0.2, -0.15) is 5.26 Å². The van der Waals surface area contributed by atoms with Crippen molar-refractivity contribution in [1.29, 1.82) is 5.26 Å². The monoisotopic (exact) mass is 458 g/mol. The van der Waals surface area contributed by atoms with Crippen LogP contribution in [0, 0.1) is 15.0 Å². The van der Waals surface area contributed by atoms with Gasteiger partial charge in [0, 0.05) is 17.4 Å². The number of nitriles is 1. The third-order valence-corrected chi connectivity index (χ3v) is 5.71. The fourth-order valence-electron chi connectivity index (χ4n) is 3.17. The van der Waals surface area contributed by atoms with Crippen LogP contribution in [0.15, 0.2) is 48.5 Å². The molecule has 26 heavy (non-hydrogen) atoms. The zero-order valence-corrected chi connectivity index (χ0v) is 16.7. The van der Waals surface area contributed by atoms with Crippen LogP contribution in [0.3, 0.4) is 0 Å². The van der Waals surface area contributed by atoms with Crippen LogP contribution in [-0.2, 0) is 24.1 Å². The number of methoxy groups -OCH3 is 1. The highest BCUT2D eigenvalue weighted by Gasteiger charge is 2.17. The highest BCUT2D eigenvalue weighted by Crippen LogP contribution is 2.30. The lowest BCUT2D eigenvalue weighted by Gasteiger charge is -2.05. The van der Waals surface area contributed by atoms with Crippen LogP contribution >= 0.6 is 22.6 Å². The Morgan fingerprint density at radius 1 is 1.19 bits per heavy atom. The number of nitrogens with zero attached hydrogens (tertiary/aromatic N) is 2. The van der Waals surface area contributed by atoms with Gasteiger partial charge in [0.15, 0.2) is 0 Å². The summed E-state index contributed by atoms with van der Waals surface area (Å²) < 4.78 is 8.16. The molecule has 0 fully saturated rings. The summed E-state index contributed by atoms with van der Waals surface area (Å²) in [6, 6.07) is 18.2. The molecule has 3 rings (SSSR count). The molecule has 1 aromatic heterocycles. The van der Waals surface area contributed by atoms with E-state index in [2.05, 4.69) is 45.4 Å². The van der Waals surface area contributed by atoms with Gasteiger partial charge < -0.3 is 9.30 Å². The molecule has 0 radical (unpaired) electrons. The molecular weight excluding hydrogens is 439 g/mol. The smallest absolute Gasteiger partial charge is 0.337 e. The first-order valence-electron chi connectivity index (χ1n) is 8.45. The molecule has 5 heteroatoms. The summed E-state index contributed by atoms with van der Waals surface area (Å²) in [6.07, 6.45) is 2.26. The first-order chi connectivity index (χ1) is 12.7. The van der Waals surface area contributed by atoms with Gasteiger partial charge >= 0.3 is 5.97 Å². The van der Waals surface area contributed by atoms with Gasteiger partial charge in [-0.25, -0.2) is 4.79 Å². The number of carbonyl (C=O) groups is 1. The molecule has 2 aromatic carbocycles. The van der Waals surface area contributed by atoms with Gasteiger partial charge in [0.25, 0.3) is 0 Å². The lowest BCUT2D eigenvalue weighted by molar-refractivity contribution is 0.0601. The third kappa shape index (κ3) is 3.75. The van der Waals surface area contributed by atoms with Crippen LogP contribution in [-0.4, -0.2) is 17.6 Å². The van der Waals surface area contributed by atoms with Crippen molar-refractivity contribution in [3.63, 3.8) is 0 Å². The fourth-order valence-corrected chi connectivity index (χ4v) is 4.23. The summed E-state index contributed by atoms with van der Waals surface area (Å²) in [5, 5.41) is 10.0. The van der Waals surface area contributed by atoms with Gasteiger partial charge in [-0.1, -0.05) is 30.3 Å². The topological polar surface area (TPSA) is 55.0 Å². The number of fused-ring (bicyclic) bond motifs is 1. The zero-order chi connectivity index (χ0) is 18.5. The largest absolute Gasteiger partial charge is 0.465 e. The van der Waals surface area contributed by atoms with Crippen LogP contribution in [0.2, 0.25) is 0 Å². The lowest BCUT2D eigenvalue weighted by Crippen LogP contribution is -2.02. The molecule has 1 heterocycles. The Hall–Kier alpha value is -2.33. The van der Waals surface area contributed by atoms with E-state index in [1.165, 1.54) is 18.2 Å². The van der Waals surface area contributed by atoms with Crippen molar-refractivity contribution in [2.24, 2.45) is 0 Å². The number of hydrogen-bond donors (Lipinski definition) is 0. The Bertz CT molecular complexity index is 971. The van der Waals surface area contributed by atoms with E-state index in [4.69, 9.17) is 10.00 Å². The minimum absolute atomic E-state index is 0.333. The van der Waals surface area contributed by atoms with Gasteiger partial charge in [0.2, 0.25) is 0 Å². The summed E-state index contributed by atoms with van der Waals surface area (Å²) in [4.78, 5) is 11.9. The normalized spacial score (nSPS) is 10.7. The SMILES string of the molecule is COC(=O)c1ccc2c(c1)c(CCc1ccccc1)c(I)n2CCC#N. The van der Waals surface area contributed by atoms with Gasteiger partial charge in [0.05, 0.1) is 28.9 Å². The molecule has 4 nitrogen and oxygen atoms in total. The minimum atomic E-state index is -0.333. The first-order valence-corrected chi connectivity index (χ1v) is 9.53. The van der Waals surface area contributed by atoms with E-state index in [0.29, 0.717) is 18.5 Å². The van der Waals surface area contributed by atoms with Crippen molar-refractivity contribution >= 4 is 39.5 Å². The molecule has 0 saturated heterocycles. The molecule has 0 aliphatic carbocycles. The molecule has 0 spiro atoms. The van der Waals surface area contributed by atoms with E-state index in [0.717, 1.165) is 27.4 Å². The van der Waals surface area contributed by atoms with Crippen molar-refractivity contribution < 1.29 is 9.53 Å². The summed E-state index contributed by atoms with van der Waals surface area (Å²) in [5.74, 6) is -0.333. The second-order valence-electron chi connectivity index (χ2n) is 6.04. The van der Waals surface area contributed by atoms with Crippen LogP contribution in [0.1, 0.15) is 27.9 Å². The van der Waals surface area contributed by atoms with Gasteiger partial charge in [-0.3, -0.25) is 0 Å². The van der Waals surface area contributed by atoms with E-state index in [9.17, 15) is 4.79 Å². The van der Waals surface area contributed by atoms with E-state index in [-0.39, 0.29) is 5.97 Å². The molecule has 132 valence electrons. The average Bonchev–Trinajstić information content (AvgIpc) is 2.95. The van der Waals surface area contributed by atoms with Gasteiger partial charge in [-0.15, -0.1) is 0 Å². The van der Waals surface area contributed by atoms with E-state index in [1.807, 2.05) is 30.3 Å². The Morgan fingerprint density at radius 2 is 1.96 bits per heavy atom. The number of ether oxygens (including phenoxy) is 1. The standard InChI is InChI=1S/C21H19IN2O2/c1-26-21(25)16-9-11-19-18(14-16)17(20(22)24(19)13-5-12-23)10-8-15-6-3-2-4-7-15/h2-4,6-7,9,11,14H,5,8,10,13H2,1H3. The van der Waals surface area contributed by atoms with Crippen LogP contribution < -0.4 is 0 Å². The molecule has 3 aromatic rings. The summed E-state index contributed by atoms with van der Waals surface area (Å²) in [6.45, 7) is 0.647. The Morgan fingerprint density at radius 3 is 2.65 bits per heavy atom. The number of aromatic nitrogens is 1. The molecule has 0 atom stereocenters. The zero-order valence-electron chi connectivity index (χ0n) is 14.5. The maximum Gasteiger partial charge on any atom is 0.337 e. The second-order valence-corrected chi connectivity index (χ2v) is 7.06. The predicted molar refractivity (Wildman–Crippen MR) is 110 cm³/mol. The maximum absolute atomic E-state index is 11.9. The quantitative estimate of drug-likeness (QED) is 0.397. The summed E-state index contributed by atoms with van der Waals surface area (Å²) >= 11 is 2.35. The second kappa shape index (κ2) is 8.37. The van der Waals surface area contributed by atoms with E-state index in [1.54, 1.807) is 6.07 Å². The number of rotatable bonds is 6. The summed E-state index contributed by atoms with van der Waals surface area (Å²) in [7, 11) is 1.39. The molecule has 0 saturated carbocycles.